The molecule has 0 bridgehead atoms. The maximum atomic E-state index is 8.75. The molecule has 1 nitrogen and oxygen atoms in total. The molecule has 1 aromatic carbocycles. The highest BCUT2D eigenvalue weighted by Gasteiger charge is 2.01. The molecule has 0 atom stereocenters. The van der Waals surface area contributed by atoms with Crippen molar-refractivity contribution in [2.24, 2.45) is 0 Å². The van der Waals surface area contributed by atoms with Crippen LogP contribution < -0.4 is 0 Å². The summed E-state index contributed by atoms with van der Waals surface area (Å²) in [6, 6.07) is 6.82. The highest BCUT2D eigenvalue weighted by atomic mass is 16.2. The molecular formula is C14H22O. The second-order valence-corrected chi connectivity index (χ2v) is 3.99. The molecule has 0 amide bonds. The number of benzene rings is 1. The fourth-order valence-electron chi connectivity index (χ4n) is 1.90. The Bertz CT molecular complexity index is 291. The second-order valence-electron chi connectivity index (χ2n) is 3.99. The van der Waals surface area contributed by atoms with Crippen molar-refractivity contribution < 1.29 is 5.11 Å². The van der Waals surface area contributed by atoms with Crippen LogP contribution in [0.1, 0.15) is 43.4 Å². The predicted octanol–water partition coefficient (Wildman–Crippen LogP) is 3.13. The average Bonchev–Trinajstić information content (AvgIpc) is 2.29. The lowest BCUT2D eigenvalue weighted by Crippen LogP contribution is -1.96. The first-order valence-corrected chi connectivity index (χ1v) is 6.03. The van der Waals surface area contributed by atoms with Crippen molar-refractivity contribution in [3.63, 3.8) is 0 Å². The summed E-state index contributed by atoms with van der Waals surface area (Å²) >= 11 is 0. The molecule has 0 aliphatic carbocycles. The Kier molecular flexibility index (Phi) is 5.41. The van der Waals surface area contributed by atoms with Gasteiger partial charge in [0.1, 0.15) is 0 Å². The minimum absolute atomic E-state index is 0.314. The fraction of sp³-hybridized carbons (Fsp3) is 0.571. The molecule has 0 spiro atoms. The van der Waals surface area contributed by atoms with Crippen molar-refractivity contribution in [2.45, 2.75) is 46.0 Å². The SMILES string of the molecule is CCc1ccc(CCCCO)c(CC)c1. The van der Waals surface area contributed by atoms with Crippen molar-refractivity contribution in [1.82, 2.24) is 0 Å². The Hall–Kier alpha value is -0.820. The number of hydrogen-bond acceptors (Lipinski definition) is 1. The first-order chi connectivity index (χ1) is 7.31. The van der Waals surface area contributed by atoms with Gasteiger partial charge in [0.25, 0.3) is 0 Å². The van der Waals surface area contributed by atoms with Gasteiger partial charge in [-0.25, -0.2) is 0 Å². The van der Waals surface area contributed by atoms with Gasteiger partial charge in [-0.1, -0.05) is 32.0 Å². The molecule has 84 valence electrons. The van der Waals surface area contributed by atoms with Crippen LogP contribution in [0.2, 0.25) is 0 Å². The molecule has 0 fully saturated rings. The Morgan fingerprint density at radius 3 is 2.40 bits per heavy atom. The predicted molar refractivity (Wildman–Crippen MR) is 65.2 cm³/mol. The molecule has 0 radical (unpaired) electrons. The van der Waals surface area contributed by atoms with Gasteiger partial charge < -0.3 is 5.11 Å². The molecule has 0 heterocycles. The lowest BCUT2D eigenvalue weighted by atomic mass is 9.97. The quantitative estimate of drug-likeness (QED) is 0.709. The highest BCUT2D eigenvalue weighted by Crippen LogP contribution is 2.15. The first kappa shape index (κ1) is 12.3. The summed E-state index contributed by atoms with van der Waals surface area (Å²) in [5.41, 5.74) is 4.37. The Balaban J connectivity index is 2.69. The van der Waals surface area contributed by atoms with E-state index in [1.807, 2.05) is 0 Å². The molecule has 0 unspecified atom stereocenters. The molecule has 15 heavy (non-hydrogen) atoms. The van der Waals surface area contributed by atoms with E-state index in [1.54, 1.807) is 0 Å². The first-order valence-electron chi connectivity index (χ1n) is 6.03. The smallest absolute Gasteiger partial charge is 0.0431 e. The lowest BCUT2D eigenvalue weighted by molar-refractivity contribution is 0.284. The van der Waals surface area contributed by atoms with Gasteiger partial charge in [0.15, 0.2) is 0 Å². The van der Waals surface area contributed by atoms with Crippen LogP contribution in [-0.4, -0.2) is 11.7 Å². The van der Waals surface area contributed by atoms with Gasteiger partial charge in [-0.3, -0.25) is 0 Å². The van der Waals surface area contributed by atoms with Gasteiger partial charge in [-0.15, -0.1) is 0 Å². The van der Waals surface area contributed by atoms with Crippen molar-refractivity contribution in [3.05, 3.63) is 34.9 Å². The maximum absolute atomic E-state index is 8.75. The van der Waals surface area contributed by atoms with Gasteiger partial charge in [0.05, 0.1) is 0 Å². The minimum atomic E-state index is 0.314. The summed E-state index contributed by atoms with van der Waals surface area (Å²) in [6.07, 6.45) is 5.34. The zero-order valence-electron chi connectivity index (χ0n) is 9.92. The van der Waals surface area contributed by atoms with E-state index in [0.29, 0.717) is 6.61 Å². The molecule has 1 heteroatoms. The second kappa shape index (κ2) is 6.62. The monoisotopic (exact) mass is 206 g/mol. The third kappa shape index (κ3) is 3.67. The van der Waals surface area contributed by atoms with Crippen LogP contribution in [0.4, 0.5) is 0 Å². The van der Waals surface area contributed by atoms with Crippen molar-refractivity contribution >= 4 is 0 Å². The largest absolute Gasteiger partial charge is 0.396 e. The summed E-state index contributed by atoms with van der Waals surface area (Å²) in [7, 11) is 0. The number of aliphatic hydroxyl groups is 1. The molecule has 1 N–H and O–H groups in total. The molecule has 0 saturated heterocycles. The molecule has 1 rings (SSSR count). The van der Waals surface area contributed by atoms with Crippen molar-refractivity contribution in [3.8, 4) is 0 Å². The Morgan fingerprint density at radius 2 is 1.80 bits per heavy atom. The van der Waals surface area contributed by atoms with E-state index < -0.39 is 0 Å². The van der Waals surface area contributed by atoms with Crippen LogP contribution in [0, 0.1) is 0 Å². The molecule has 0 saturated carbocycles. The standard InChI is InChI=1S/C14H22O/c1-3-12-8-9-14(7-5-6-10-15)13(4-2)11-12/h8-9,11,15H,3-7,10H2,1-2H3. The summed E-state index contributed by atoms with van der Waals surface area (Å²) < 4.78 is 0. The van der Waals surface area contributed by atoms with E-state index in [1.165, 1.54) is 16.7 Å². The summed E-state index contributed by atoms with van der Waals surface area (Å²) in [5.74, 6) is 0. The molecule has 0 aliphatic rings. The fourth-order valence-corrected chi connectivity index (χ4v) is 1.90. The zero-order chi connectivity index (χ0) is 11.1. The van der Waals surface area contributed by atoms with E-state index in [2.05, 4.69) is 32.0 Å². The molecule has 0 aliphatic heterocycles. The van der Waals surface area contributed by atoms with Crippen LogP contribution in [0.5, 0.6) is 0 Å². The van der Waals surface area contributed by atoms with E-state index in [4.69, 9.17) is 5.11 Å². The van der Waals surface area contributed by atoms with Crippen LogP contribution in [0.15, 0.2) is 18.2 Å². The van der Waals surface area contributed by atoms with Crippen molar-refractivity contribution in [2.75, 3.05) is 6.61 Å². The van der Waals surface area contributed by atoms with Gasteiger partial charge in [-0.05, 0) is 48.8 Å². The van der Waals surface area contributed by atoms with Gasteiger partial charge in [0.2, 0.25) is 0 Å². The van der Waals surface area contributed by atoms with E-state index in [0.717, 1.165) is 32.1 Å². The summed E-state index contributed by atoms with van der Waals surface area (Å²) in [5, 5.41) is 8.75. The lowest BCUT2D eigenvalue weighted by Gasteiger charge is -2.09. The highest BCUT2D eigenvalue weighted by molar-refractivity contribution is 5.32. The maximum Gasteiger partial charge on any atom is 0.0431 e. The van der Waals surface area contributed by atoms with Gasteiger partial charge >= 0.3 is 0 Å². The van der Waals surface area contributed by atoms with Crippen LogP contribution >= 0.6 is 0 Å². The zero-order valence-corrected chi connectivity index (χ0v) is 9.92. The molecule has 0 aromatic heterocycles. The minimum Gasteiger partial charge on any atom is -0.396 e. The van der Waals surface area contributed by atoms with Gasteiger partial charge in [-0.2, -0.15) is 0 Å². The average molecular weight is 206 g/mol. The number of unbranched alkanes of at least 4 members (excludes halogenated alkanes) is 1. The number of hydrogen-bond donors (Lipinski definition) is 1. The van der Waals surface area contributed by atoms with Gasteiger partial charge in [0, 0.05) is 6.61 Å². The third-order valence-corrected chi connectivity index (χ3v) is 2.91. The van der Waals surface area contributed by atoms with E-state index in [9.17, 15) is 0 Å². The van der Waals surface area contributed by atoms with E-state index >= 15 is 0 Å². The van der Waals surface area contributed by atoms with Crippen LogP contribution in [0.25, 0.3) is 0 Å². The molecule has 1 aromatic rings. The summed E-state index contributed by atoms with van der Waals surface area (Å²) in [4.78, 5) is 0. The third-order valence-electron chi connectivity index (χ3n) is 2.91. The normalized spacial score (nSPS) is 10.6. The number of rotatable bonds is 6. The Morgan fingerprint density at radius 1 is 1.00 bits per heavy atom. The summed E-state index contributed by atoms with van der Waals surface area (Å²) in [6.45, 7) is 4.72. The number of aliphatic hydroxyl groups excluding tert-OH is 1. The van der Waals surface area contributed by atoms with Crippen LogP contribution in [-0.2, 0) is 19.3 Å². The Labute approximate surface area is 93.1 Å². The topological polar surface area (TPSA) is 20.2 Å². The van der Waals surface area contributed by atoms with Crippen LogP contribution in [0.3, 0.4) is 0 Å². The van der Waals surface area contributed by atoms with E-state index in [-0.39, 0.29) is 0 Å². The van der Waals surface area contributed by atoms with Crippen molar-refractivity contribution in [1.29, 1.82) is 0 Å². The molecular weight excluding hydrogens is 184 g/mol. The number of aryl methyl sites for hydroxylation is 3.